The van der Waals surface area contributed by atoms with Crippen molar-refractivity contribution in [1.29, 1.82) is 0 Å². The van der Waals surface area contributed by atoms with Crippen LogP contribution in [0.2, 0.25) is 0 Å². The zero-order chi connectivity index (χ0) is 14.0. The molecule has 1 aliphatic heterocycles. The van der Waals surface area contributed by atoms with Crippen molar-refractivity contribution in [2.75, 3.05) is 20.2 Å². The number of hydrogen-bond acceptors (Lipinski definition) is 4. The van der Waals surface area contributed by atoms with Crippen molar-refractivity contribution in [3.8, 4) is 5.75 Å². The predicted molar refractivity (Wildman–Crippen MR) is 70.3 cm³/mol. The number of nitrogens with zero attached hydrogens (tertiary/aromatic N) is 1. The summed E-state index contributed by atoms with van der Waals surface area (Å²) in [6, 6.07) is 5.44. The Balaban J connectivity index is 2.22. The monoisotopic (exact) mass is 265 g/mol. The first-order chi connectivity index (χ1) is 9.02. The number of carboxylic acids is 1. The Morgan fingerprint density at radius 1 is 1.53 bits per heavy atom. The number of aliphatic carboxylic acids is 1. The van der Waals surface area contributed by atoms with Crippen molar-refractivity contribution < 1.29 is 19.7 Å². The largest absolute Gasteiger partial charge is 0.491 e. The number of hydrogen-bond donors (Lipinski definition) is 2. The van der Waals surface area contributed by atoms with Crippen LogP contribution in [0.1, 0.15) is 24.2 Å². The third-order valence-corrected chi connectivity index (χ3v) is 3.53. The van der Waals surface area contributed by atoms with Gasteiger partial charge in [0.05, 0.1) is 12.6 Å². The van der Waals surface area contributed by atoms with E-state index < -0.39 is 12.1 Å². The molecule has 0 saturated heterocycles. The van der Waals surface area contributed by atoms with Gasteiger partial charge in [-0.2, -0.15) is 0 Å². The zero-order valence-corrected chi connectivity index (χ0v) is 11.2. The quantitative estimate of drug-likeness (QED) is 0.852. The van der Waals surface area contributed by atoms with Crippen molar-refractivity contribution in [1.82, 2.24) is 4.90 Å². The van der Waals surface area contributed by atoms with E-state index in [0.29, 0.717) is 12.4 Å². The average molecular weight is 265 g/mol. The molecule has 0 amide bonds. The highest BCUT2D eigenvalue weighted by Crippen LogP contribution is 2.34. The molecule has 1 heterocycles. The van der Waals surface area contributed by atoms with Gasteiger partial charge in [0.15, 0.2) is 0 Å². The van der Waals surface area contributed by atoms with Gasteiger partial charge in [0.2, 0.25) is 0 Å². The van der Waals surface area contributed by atoms with E-state index in [-0.39, 0.29) is 12.6 Å². The van der Waals surface area contributed by atoms with Gasteiger partial charge in [-0.15, -0.1) is 0 Å². The van der Waals surface area contributed by atoms with E-state index in [1.165, 1.54) is 0 Å². The van der Waals surface area contributed by atoms with E-state index in [1.54, 1.807) is 11.9 Å². The van der Waals surface area contributed by atoms with Crippen LogP contribution in [0.15, 0.2) is 18.2 Å². The molecule has 2 unspecified atom stereocenters. The van der Waals surface area contributed by atoms with E-state index in [1.807, 2.05) is 25.1 Å². The Labute approximate surface area is 112 Å². The SMILES string of the molecule is CCc1ccc2c(c1)C(O)C(N(C)CC(=O)O)CO2. The van der Waals surface area contributed by atoms with Gasteiger partial charge in [0.1, 0.15) is 18.5 Å². The van der Waals surface area contributed by atoms with E-state index in [0.717, 1.165) is 17.5 Å². The molecule has 1 aromatic rings. The van der Waals surface area contributed by atoms with Crippen LogP contribution in [0.25, 0.3) is 0 Å². The second-order valence-corrected chi connectivity index (χ2v) is 4.86. The first kappa shape index (κ1) is 13.8. The molecule has 0 bridgehead atoms. The van der Waals surface area contributed by atoms with Gasteiger partial charge >= 0.3 is 5.97 Å². The van der Waals surface area contributed by atoms with Crippen molar-refractivity contribution in [2.45, 2.75) is 25.5 Å². The minimum absolute atomic E-state index is 0.117. The Bertz CT molecular complexity index is 475. The van der Waals surface area contributed by atoms with Crippen LogP contribution >= 0.6 is 0 Å². The molecule has 0 aliphatic carbocycles. The zero-order valence-electron chi connectivity index (χ0n) is 11.2. The summed E-state index contributed by atoms with van der Waals surface area (Å²) in [5.41, 5.74) is 1.87. The van der Waals surface area contributed by atoms with Crippen LogP contribution in [0.5, 0.6) is 5.75 Å². The summed E-state index contributed by atoms with van der Waals surface area (Å²) >= 11 is 0. The Kier molecular flexibility index (Phi) is 4.07. The summed E-state index contributed by atoms with van der Waals surface area (Å²) in [5.74, 6) is -0.229. The van der Waals surface area contributed by atoms with Crippen LogP contribution in [0.3, 0.4) is 0 Å². The molecule has 2 N–H and O–H groups in total. The average Bonchev–Trinajstić information content (AvgIpc) is 2.38. The van der Waals surface area contributed by atoms with Gasteiger partial charge in [0, 0.05) is 5.56 Å². The first-order valence-corrected chi connectivity index (χ1v) is 6.38. The highest BCUT2D eigenvalue weighted by atomic mass is 16.5. The number of likely N-dealkylation sites (N-methyl/N-ethyl adjacent to an activating group) is 1. The fraction of sp³-hybridized carbons (Fsp3) is 0.500. The molecular weight excluding hydrogens is 246 g/mol. The molecular formula is C14H19NO4. The van der Waals surface area contributed by atoms with E-state index in [9.17, 15) is 9.90 Å². The molecule has 1 aliphatic rings. The molecule has 2 atom stereocenters. The topological polar surface area (TPSA) is 70.0 Å². The number of aliphatic hydroxyl groups is 1. The molecule has 0 fully saturated rings. The third kappa shape index (κ3) is 2.88. The van der Waals surface area contributed by atoms with Crippen molar-refractivity contribution in [3.63, 3.8) is 0 Å². The Morgan fingerprint density at radius 3 is 2.89 bits per heavy atom. The first-order valence-electron chi connectivity index (χ1n) is 6.38. The van der Waals surface area contributed by atoms with Gasteiger partial charge in [-0.05, 0) is 31.2 Å². The summed E-state index contributed by atoms with van der Waals surface area (Å²) < 4.78 is 5.61. The number of fused-ring (bicyclic) bond motifs is 1. The van der Waals surface area contributed by atoms with E-state index >= 15 is 0 Å². The molecule has 0 spiro atoms. The number of ether oxygens (including phenoxy) is 1. The lowest BCUT2D eigenvalue weighted by Gasteiger charge is -2.35. The number of aryl methyl sites for hydroxylation is 1. The maximum Gasteiger partial charge on any atom is 0.317 e. The Morgan fingerprint density at radius 2 is 2.26 bits per heavy atom. The van der Waals surface area contributed by atoms with Gasteiger partial charge in [-0.3, -0.25) is 9.69 Å². The van der Waals surface area contributed by atoms with E-state index in [2.05, 4.69) is 0 Å². The molecule has 0 aromatic heterocycles. The normalized spacial score (nSPS) is 21.9. The molecule has 0 radical (unpaired) electrons. The maximum atomic E-state index is 10.7. The second kappa shape index (κ2) is 5.59. The fourth-order valence-corrected chi connectivity index (χ4v) is 2.35. The fourth-order valence-electron chi connectivity index (χ4n) is 2.35. The molecule has 2 rings (SSSR count). The van der Waals surface area contributed by atoms with Gasteiger partial charge in [0.25, 0.3) is 0 Å². The van der Waals surface area contributed by atoms with Crippen LogP contribution in [-0.2, 0) is 11.2 Å². The molecule has 1 aromatic carbocycles. The molecule has 0 saturated carbocycles. The molecule has 5 heteroatoms. The lowest BCUT2D eigenvalue weighted by Crippen LogP contribution is -2.45. The van der Waals surface area contributed by atoms with Gasteiger partial charge in [-0.1, -0.05) is 13.0 Å². The number of carboxylic acid groups (broad SMARTS) is 1. The maximum absolute atomic E-state index is 10.7. The smallest absolute Gasteiger partial charge is 0.317 e. The standard InChI is InChI=1S/C14H19NO4/c1-3-9-4-5-12-10(6-9)14(18)11(8-19-12)15(2)7-13(16)17/h4-6,11,14,18H,3,7-8H2,1-2H3,(H,16,17). The van der Waals surface area contributed by atoms with Crippen LogP contribution < -0.4 is 4.74 Å². The lowest BCUT2D eigenvalue weighted by atomic mass is 9.95. The van der Waals surface area contributed by atoms with E-state index in [4.69, 9.17) is 9.84 Å². The number of benzene rings is 1. The second-order valence-electron chi connectivity index (χ2n) is 4.86. The number of carbonyl (C=O) groups is 1. The summed E-state index contributed by atoms with van der Waals surface area (Å²) in [6.45, 7) is 2.23. The number of aliphatic hydroxyl groups excluding tert-OH is 1. The van der Waals surface area contributed by atoms with Gasteiger partial charge < -0.3 is 14.9 Å². The third-order valence-electron chi connectivity index (χ3n) is 3.53. The van der Waals surface area contributed by atoms with Crippen molar-refractivity contribution in [2.24, 2.45) is 0 Å². The molecule has 5 nitrogen and oxygen atoms in total. The summed E-state index contributed by atoms with van der Waals surface area (Å²) in [6.07, 6.45) is 0.162. The minimum Gasteiger partial charge on any atom is -0.491 e. The summed E-state index contributed by atoms with van der Waals surface area (Å²) in [5, 5.41) is 19.2. The van der Waals surface area contributed by atoms with Crippen LogP contribution in [0.4, 0.5) is 0 Å². The lowest BCUT2D eigenvalue weighted by molar-refractivity contribution is -0.139. The summed E-state index contributed by atoms with van der Waals surface area (Å²) in [7, 11) is 1.68. The number of rotatable bonds is 4. The highest BCUT2D eigenvalue weighted by Gasteiger charge is 2.32. The minimum atomic E-state index is -0.914. The van der Waals surface area contributed by atoms with Crippen LogP contribution in [-0.4, -0.2) is 47.3 Å². The van der Waals surface area contributed by atoms with Crippen molar-refractivity contribution in [3.05, 3.63) is 29.3 Å². The highest BCUT2D eigenvalue weighted by molar-refractivity contribution is 5.69. The Hall–Kier alpha value is -1.59. The molecule has 19 heavy (non-hydrogen) atoms. The predicted octanol–water partition coefficient (Wildman–Crippen LogP) is 1.06. The molecule has 104 valence electrons. The van der Waals surface area contributed by atoms with Gasteiger partial charge in [-0.25, -0.2) is 0 Å². The van der Waals surface area contributed by atoms with Crippen molar-refractivity contribution >= 4 is 5.97 Å². The van der Waals surface area contributed by atoms with Crippen LogP contribution in [0, 0.1) is 0 Å². The summed E-state index contributed by atoms with van der Waals surface area (Å²) in [4.78, 5) is 12.3.